The van der Waals surface area contributed by atoms with Gasteiger partial charge < -0.3 is 24.8 Å². The van der Waals surface area contributed by atoms with Gasteiger partial charge in [-0.25, -0.2) is 8.42 Å². The van der Waals surface area contributed by atoms with Crippen LogP contribution in [0.2, 0.25) is 0 Å². The fourth-order valence-corrected chi connectivity index (χ4v) is 7.56. The molecule has 1 aromatic heterocycles. The number of sulfonamides is 1. The van der Waals surface area contributed by atoms with Crippen molar-refractivity contribution in [3.8, 4) is 5.75 Å². The van der Waals surface area contributed by atoms with Crippen molar-refractivity contribution in [3.05, 3.63) is 77.2 Å². The van der Waals surface area contributed by atoms with Gasteiger partial charge in [0.25, 0.3) is 21.8 Å². The molecule has 10 nitrogen and oxygen atoms in total. The third-order valence-corrected chi connectivity index (χ3v) is 11.1. The summed E-state index contributed by atoms with van der Waals surface area (Å²) in [7, 11) is -2.17. The normalized spacial score (nSPS) is 21.0. The maximum absolute atomic E-state index is 14.3. The van der Waals surface area contributed by atoms with E-state index in [1.54, 1.807) is 71.8 Å². The summed E-state index contributed by atoms with van der Waals surface area (Å²) in [5.41, 5.74) is 1.17. The molecule has 0 aliphatic carbocycles. The molecule has 1 aliphatic rings. The summed E-state index contributed by atoms with van der Waals surface area (Å²) in [5, 5.41) is 14.8. The Bertz CT molecular complexity index is 1520. The molecule has 0 spiro atoms. The van der Waals surface area contributed by atoms with E-state index in [1.165, 1.54) is 11.4 Å². The maximum Gasteiger partial charge on any atom is 0.258 e. The van der Waals surface area contributed by atoms with Gasteiger partial charge in [-0.3, -0.25) is 9.59 Å². The van der Waals surface area contributed by atoms with Crippen LogP contribution < -0.4 is 10.1 Å². The van der Waals surface area contributed by atoms with Crippen LogP contribution in [-0.4, -0.2) is 86.1 Å². The molecule has 0 unspecified atom stereocenters. The smallest absolute Gasteiger partial charge is 0.258 e. The van der Waals surface area contributed by atoms with Crippen LogP contribution in [0.3, 0.4) is 0 Å². The molecule has 4 rings (SSSR count). The van der Waals surface area contributed by atoms with Gasteiger partial charge in [-0.1, -0.05) is 31.2 Å². The summed E-state index contributed by atoms with van der Waals surface area (Å²) in [4.78, 5) is 28.7. The van der Waals surface area contributed by atoms with Gasteiger partial charge in [-0.15, -0.1) is 11.3 Å². The molecule has 0 fully saturated rings. The highest BCUT2D eigenvalue weighted by atomic mass is 32.2. The average molecular weight is 658 g/mol. The highest BCUT2D eigenvalue weighted by Gasteiger charge is 2.32. The van der Waals surface area contributed by atoms with Crippen LogP contribution in [0.1, 0.15) is 60.7 Å². The zero-order chi connectivity index (χ0) is 32.6. The van der Waals surface area contributed by atoms with Crippen LogP contribution in [0.5, 0.6) is 5.75 Å². The Morgan fingerprint density at radius 3 is 2.58 bits per heavy atom. The molecule has 2 heterocycles. The first kappa shape index (κ1) is 34.6. The molecule has 1 aliphatic heterocycles. The van der Waals surface area contributed by atoms with E-state index in [-0.39, 0.29) is 53.3 Å². The van der Waals surface area contributed by atoms with Crippen molar-refractivity contribution in [1.82, 2.24) is 9.21 Å². The van der Waals surface area contributed by atoms with E-state index in [4.69, 9.17) is 9.47 Å². The molecule has 2 aromatic carbocycles. The molecular weight excluding hydrogens is 615 g/mol. The quantitative estimate of drug-likeness (QED) is 0.345. The monoisotopic (exact) mass is 657 g/mol. The van der Waals surface area contributed by atoms with Crippen LogP contribution in [0.4, 0.5) is 5.69 Å². The van der Waals surface area contributed by atoms with Crippen LogP contribution in [0.25, 0.3) is 0 Å². The van der Waals surface area contributed by atoms with E-state index >= 15 is 0 Å². The Morgan fingerprint density at radius 1 is 1.13 bits per heavy atom. The van der Waals surface area contributed by atoms with Gasteiger partial charge in [0.05, 0.1) is 30.4 Å². The molecule has 4 atom stereocenters. The summed E-state index contributed by atoms with van der Waals surface area (Å²) in [6, 6.07) is 16.5. The number of aliphatic hydroxyl groups is 1. The predicted molar refractivity (Wildman–Crippen MR) is 175 cm³/mol. The Balaban J connectivity index is 1.65. The van der Waals surface area contributed by atoms with E-state index in [1.807, 2.05) is 19.9 Å². The fourth-order valence-electron chi connectivity index (χ4n) is 5.17. The highest BCUT2D eigenvalue weighted by Crippen LogP contribution is 2.29. The summed E-state index contributed by atoms with van der Waals surface area (Å²) < 4.78 is 40.5. The number of nitrogens with zero attached hydrogens (tertiary/aromatic N) is 2. The van der Waals surface area contributed by atoms with Crippen molar-refractivity contribution in [2.45, 2.75) is 62.5 Å². The summed E-state index contributed by atoms with van der Waals surface area (Å²) >= 11 is 1.16. The van der Waals surface area contributed by atoms with E-state index in [0.717, 1.165) is 24.2 Å². The van der Waals surface area contributed by atoms with Crippen molar-refractivity contribution in [1.29, 1.82) is 0 Å². The molecule has 0 saturated carbocycles. The molecule has 45 heavy (non-hydrogen) atoms. The SMILES string of the molecule is C[C@@H]1CN([C@H](C)CO)C(=O)c2cc(NC(=O)c3ccccc3)ccc2O[C@@H](C)CCCCO[C@@H]1CN(C)S(=O)(=O)c1cccs1. The van der Waals surface area contributed by atoms with E-state index in [2.05, 4.69) is 5.32 Å². The molecule has 244 valence electrons. The topological polar surface area (TPSA) is 125 Å². The molecule has 12 heteroatoms. The lowest BCUT2D eigenvalue weighted by atomic mass is 10.0. The van der Waals surface area contributed by atoms with Crippen molar-refractivity contribution in [3.63, 3.8) is 0 Å². The first-order valence-corrected chi connectivity index (χ1v) is 17.5. The van der Waals surface area contributed by atoms with Crippen molar-refractivity contribution >= 4 is 38.9 Å². The van der Waals surface area contributed by atoms with Gasteiger partial charge in [0.1, 0.15) is 9.96 Å². The van der Waals surface area contributed by atoms with E-state index in [0.29, 0.717) is 30.0 Å². The summed E-state index contributed by atoms with van der Waals surface area (Å²) in [5.74, 6) is -0.596. The number of ether oxygens (including phenoxy) is 2. The number of hydrogen-bond donors (Lipinski definition) is 2. The Labute approximate surface area is 270 Å². The number of hydrogen-bond acceptors (Lipinski definition) is 8. The molecule has 2 N–H and O–H groups in total. The number of amides is 2. The molecule has 0 saturated heterocycles. The number of rotatable bonds is 8. The molecule has 3 aromatic rings. The summed E-state index contributed by atoms with van der Waals surface area (Å²) in [6.07, 6.45) is 1.56. The van der Waals surface area contributed by atoms with Gasteiger partial charge in [-0.2, -0.15) is 4.31 Å². The largest absolute Gasteiger partial charge is 0.490 e. The summed E-state index contributed by atoms with van der Waals surface area (Å²) in [6.45, 7) is 6.04. The van der Waals surface area contributed by atoms with Crippen LogP contribution in [0.15, 0.2) is 70.3 Å². The number of fused-ring (bicyclic) bond motifs is 1. The van der Waals surface area contributed by atoms with Crippen LogP contribution >= 0.6 is 11.3 Å². The lowest BCUT2D eigenvalue weighted by molar-refractivity contribution is -0.00832. The molecule has 0 radical (unpaired) electrons. The minimum Gasteiger partial charge on any atom is -0.490 e. The Hall–Kier alpha value is -3.29. The minimum absolute atomic E-state index is 0.0999. The third-order valence-electron chi connectivity index (χ3n) is 7.94. The van der Waals surface area contributed by atoms with Gasteiger partial charge >= 0.3 is 0 Å². The number of aliphatic hydroxyl groups excluding tert-OH is 1. The zero-order valence-electron chi connectivity index (χ0n) is 26.2. The van der Waals surface area contributed by atoms with Gasteiger partial charge in [0, 0.05) is 43.9 Å². The lowest BCUT2D eigenvalue weighted by Crippen LogP contribution is -2.48. The Kier molecular flexibility index (Phi) is 12.2. The predicted octanol–water partition coefficient (Wildman–Crippen LogP) is 5.12. The molecule has 0 bridgehead atoms. The highest BCUT2D eigenvalue weighted by molar-refractivity contribution is 7.91. The van der Waals surface area contributed by atoms with Crippen molar-refractivity contribution in [2.75, 3.05) is 38.7 Å². The standard InChI is InChI=1S/C33H43N3O7S2/c1-23-20-36(24(2)22-37)33(39)28-19-27(34-32(38)26-12-6-5-7-13-26)15-16-29(28)43-25(3)11-8-9-17-42-30(23)21-35(4)45(40,41)31-14-10-18-44-31/h5-7,10,12-16,18-19,23-25,30,37H,8-9,11,17,20-22H2,1-4H3,(H,34,38)/t23-,24-,25+,30-/m1/s1. The number of carbonyl (C=O) groups excluding carboxylic acids is 2. The lowest BCUT2D eigenvalue weighted by Gasteiger charge is -2.35. The van der Waals surface area contributed by atoms with E-state index in [9.17, 15) is 23.1 Å². The van der Waals surface area contributed by atoms with Gasteiger partial charge in [0.15, 0.2) is 0 Å². The van der Waals surface area contributed by atoms with Gasteiger partial charge in [0.2, 0.25) is 0 Å². The van der Waals surface area contributed by atoms with Crippen LogP contribution in [0, 0.1) is 5.92 Å². The third kappa shape index (κ3) is 8.92. The second kappa shape index (κ2) is 15.8. The second-order valence-electron chi connectivity index (χ2n) is 11.5. The number of likely N-dealkylation sites (N-methyl/N-ethyl adjacent to an activating group) is 1. The number of nitrogens with one attached hydrogen (secondary N) is 1. The first-order valence-electron chi connectivity index (χ1n) is 15.2. The van der Waals surface area contributed by atoms with Crippen molar-refractivity contribution < 1.29 is 32.6 Å². The molecule has 2 amide bonds. The second-order valence-corrected chi connectivity index (χ2v) is 14.8. The van der Waals surface area contributed by atoms with Gasteiger partial charge in [-0.05, 0) is 74.9 Å². The zero-order valence-corrected chi connectivity index (χ0v) is 27.9. The number of carbonyl (C=O) groups is 2. The number of anilines is 1. The number of thiophene rings is 1. The van der Waals surface area contributed by atoms with E-state index < -0.39 is 22.2 Å². The minimum atomic E-state index is -3.71. The first-order chi connectivity index (χ1) is 21.5. The van der Waals surface area contributed by atoms with Crippen LogP contribution in [-0.2, 0) is 14.8 Å². The Morgan fingerprint density at radius 2 is 1.89 bits per heavy atom. The fraction of sp³-hybridized carbons (Fsp3) is 0.455. The number of benzene rings is 2. The molecular formula is C33H43N3O7S2. The average Bonchev–Trinajstić information content (AvgIpc) is 3.59. The maximum atomic E-state index is 14.3. The van der Waals surface area contributed by atoms with Crippen molar-refractivity contribution in [2.24, 2.45) is 5.92 Å².